The topological polar surface area (TPSA) is 110 Å². The van der Waals surface area contributed by atoms with Gasteiger partial charge in [0.2, 0.25) is 0 Å². The van der Waals surface area contributed by atoms with Crippen molar-refractivity contribution in [3.05, 3.63) is 33.4 Å². The average molecular weight is 324 g/mol. The van der Waals surface area contributed by atoms with Crippen LogP contribution < -0.4 is 11.2 Å². The van der Waals surface area contributed by atoms with E-state index in [1.54, 1.807) is 12.2 Å². The van der Waals surface area contributed by atoms with E-state index in [1.165, 1.54) is 0 Å². The van der Waals surface area contributed by atoms with Crippen molar-refractivity contribution in [2.75, 3.05) is 6.54 Å². The molecule has 2 fully saturated rings. The number of nitrogens with two attached hydrogens (primary N) is 1. The third-order valence-corrected chi connectivity index (χ3v) is 4.71. The number of azide groups is 1. The summed E-state index contributed by atoms with van der Waals surface area (Å²) in [7, 11) is 0. The Bertz CT molecular complexity index is 573. The molecule has 1 saturated heterocycles. The minimum Gasteiger partial charge on any atom is -0.355 e. The van der Waals surface area contributed by atoms with Crippen molar-refractivity contribution in [3.63, 3.8) is 0 Å². The largest absolute Gasteiger partial charge is 0.355 e. The van der Waals surface area contributed by atoms with Crippen LogP contribution in [0.15, 0.2) is 28.1 Å². The molecule has 3 rings (SSSR count). The number of piperazine rings is 1. The summed E-state index contributed by atoms with van der Waals surface area (Å²) in [6, 6.07) is -0.318. The first kappa shape index (κ1) is 15.2. The second kappa shape index (κ2) is 6.18. The smallest absolute Gasteiger partial charge is 0.258 e. The Morgan fingerprint density at radius 3 is 2.86 bits per heavy atom. The maximum absolute atomic E-state index is 12.6. The first-order valence-electron chi connectivity index (χ1n) is 7.34. The number of allylic oxidation sites excluding steroid dienone is 2. The summed E-state index contributed by atoms with van der Waals surface area (Å²) in [5.74, 6) is 5.69. The number of nitrogens with one attached hydrogen (secondary N) is 1. The highest BCUT2D eigenvalue weighted by atomic mass is 35.5. The summed E-state index contributed by atoms with van der Waals surface area (Å²) < 4.78 is 0. The van der Waals surface area contributed by atoms with Gasteiger partial charge in [-0.05, 0) is 30.5 Å². The summed E-state index contributed by atoms with van der Waals surface area (Å²) >= 11 is 6.10. The zero-order valence-corrected chi connectivity index (χ0v) is 12.8. The van der Waals surface area contributed by atoms with Crippen molar-refractivity contribution in [1.29, 1.82) is 0 Å². The summed E-state index contributed by atoms with van der Waals surface area (Å²) in [6.07, 6.45) is 7.45. The Balaban J connectivity index is 1.98. The Labute approximate surface area is 133 Å². The first-order valence-corrected chi connectivity index (χ1v) is 7.72. The molecule has 3 aliphatic rings. The lowest BCUT2D eigenvalue weighted by atomic mass is 10.0. The third kappa shape index (κ3) is 2.55. The van der Waals surface area contributed by atoms with Gasteiger partial charge in [-0.2, -0.15) is 0 Å². The molecule has 8 nitrogen and oxygen atoms in total. The summed E-state index contributed by atoms with van der Waals surface area (Å²) in [4.78, 5) is 17.4. The number of nitrogens with zero attached hydrogens (tertiary/aromatic N) is 5. The number of halogens is 1. The number of rotatable bonds is 3. The highest BCUT2D eigenvalue weighted by Gasteiger charge is 2.46. The van der Waals surface area contributed by atoms with E-state index in [2.05, 4.69) is 20.2 Å². The molecule has 2 atom stereocenters. The van der Waals surface area contributed by atoms with E-state index in [0.717, 1.165) is 30.7 Å². The van der Waals surface area contributed by atoms with Crippen molar-refractivity contribution in [1.82, 2.24) is 15.2 Å². The normalized spacial score (nSPS) is 29.4. The number of amides is 1. The van der Waals surface area contributed by atoms with Gasteiger partial charge in [0, 0.05) is 11.0 Å². The minimum atomic E-state index is -0.568. The molecule has 1 saturated carbocycles. The molecule has 0 spiro atoms. The van der Waals surface area contributed by atoms with Crippen molar-refractivity contribution in [3.8, 4) is 0 Å². The molecule has 22 heavy (non-hydrogen) atoms. The van der Waals surface area contributed by atoms with Gasteiger partial charge in [-0.1, -0.05) is 29.6 Å². The maximum atomic E-state index is 12.6. The number of hydrazine groups is 1. The van der Waals surface area contributed by atoms with Crippen LogP contribution in [-0.2, 0) is 4.79 Å². The quantitative estimate of drug-likeness (QED) is 0.205. The van der Waals surface area contributed by atoms with Gasteiger partial charge >= 0.3 is 0 Å². The predicted octanol–water partition coefficient (Wildman–Crippen LogP) is 1.52. The van der Waals surface area contributed by atoms with E-state index in [9.17, 15) is 4.79 Å². The van der Waals surface area contributed by atoms with Crippen molar-refractivity contribution in [2.24, 2.45) is 11.0 Å². The molecule has 1 aliphatic carbocycles. The van der Waals surface area contributed by atoms with Crippen LogP contribution in [0.3, 0.4) is 0 Å². The van der Waals surface area contributed by atoms with Crippen LogP contribution in [0.1, 0.15) is 25.7 Å². The van der Waals surface area contributed by atoms with Gasteiger partial charge in [0.25, 0.3) is 5.91 Å². The summed E-state index contributed by atoms with van der Waals surface area (Å²) in [5.41, 5.74) is 9.27. The van der Waals surface area contributed by atoms with Crippen LogP contribution in [0.2, 0.25) is 0 Å². The SMILES string of the molecule is [N-]=[N+]=NC[C@@H]1C(=O)N(N)C2=CC=C(Cl)NC2N1C1CCCC1. The van der Waals surface area contributed by atoms with Gasteiger partial charge in [0.1, 0.15) is 11.3 Å². The molecule has 0 radical (unpaired) electrons. The van der Waals surface area contributed by atoms with Gasteiger partial charge < -0.3 is 5.32 Å². The summed E-state index contributed by atoms with van der Waals surface area (Å²) in [6.45, 7) is 0.0618. The predicted molar refractivity (Wildman–Crippen MR) is 81.9 cm³/mol. The molecule has 0 aromatic heterocycles. The van der Waals surface area contributed by atoms with Gasteiger partial charge in [-0.25, -0.2) is 10.9 Å². The van der Waals surface area contributed by atoms with Crippen molar-refractivity contribution >= 4 is 17.5 Å². The Morgan fingerprint density at radius 1 is 1.45 bits per heavy atom. The van der Waals surface area contributed by atoms with Crippen LogP contribution in [0, 0.1) is 0 Å². The molecule has 0 bridgehead atoms. The van der Waals surface area contributed by atoms with Gasteiger partial charge in [-0.3, -0.25) is 9.69 Å². The van der Waals surface area contributed by atoms with E-state index < -0.39 is 6.04 Å². The highest BCUT2D eigenvalue weighted by molar-refractivity contribution is 6.29. The number of dihydropyridines is 1. The second-order valence-corrected chi connectivity index (χ2v) is 6.08. The average Bonchev–Trinajstić information content (AvgIpc) is 3.03. The minimum absolute atomic E-state index is 0.0618. The molecule has 0 aromatic rings. The maximum Gasteiger partial charge on any atom is 0.258 e. The lowest BCUT2D eigenvalue weighted by Crippen LogP contribution is -2.69. The lowest BCUT2D eigenvalue weighted by molar-refractivity contribution is -0.143. The Hall–Kier alpha value is -1.73. The fourth-order valence-corrected chi connectivity index (χ4v) is 3.66. The number of carbonyl (C=O) groups is 1. The first-order chi connectivity index (χ1) is 10.6. The molecule has 3 N–H and O–H groups in total. The van der Waals surface area contributed by atoms with Crippen LogP contribution in [-0.4, -0.2) is 40.6 Å². The molecular weight excluding hydrogens is 306 g/mol. The number of carbonyl (C=O) groups excluding carboxylic acids is 1. The zero-order valence-electron chi connectivity index (χ0n) is 12.0. The van der Waals surface area contributed by atoms with Gasteiger partial charge in [0.15, 0.2) is 0 Å². The Morgan fingerprint density at radius 2 is 2.18 bits per heavy atom. The number of fused-ring (bicyclic) bond motifs is 1. The van der Waals surface area contributed by atoms with Crippen LogP contribution in [0.5, 0.6) is 0 Å². The number of hydrogen-bond donors (Lipinski definition) is 2. The van der Waals surface area contributed by atoms with Crippen LogP contribution in [0.4, 0.5) is 0 Å². The van der Waals surface area contributed by atoms with E-state index in [4.69, 9.17) is 23.0 Å². The summed E-state index contributed by atoms with van der Waals surface area (Å²) in [5, 5.41) is 8.42. The molecule has 2 heterocycles. The van der Waals surface area contributed by atoms with Gasteiger partial charge in [0.05, 0.1) is 18.3 Å². The standard InChI is InChI=1S/C13H18ClN7O/c14-11-6-5-9-12(18-11)20(8-3-1-2-4-8)10(7-17-19-15)13(22)21(9)16/h5-6,8,10,12,18H,1-4,7,16H2/t10-,12?/m1/s1. The lowest BCUT2D eigenvalue weighted by Gasteiger charge is -2.49. The highest BCUT2D eigenvalue weighted by Crippen LogP contribution is 2.34. The second-order valence-electron chi connectivity index (χ2n) is 5.68. The van der Waals surface area contributed by atoms with Gasteiger partial charge in [-0.15, -0.1) is 0 Å². The molecule has 118 valence electrons. The molecule has 9 heteroatoms. The van der Waals surface area contributed by atoms with E-state index in [0.29, 0.717) is 10.9 Å². The fraction of sp³-hybridized carbons (Fsp3) is 0.615. The molecule has 1 unspecified atom stereocenters. The van der Waals surface area contributed by atoms with E-state index in [1.807, 2.05) is 0 Å². The molecule has 1 amide bonds. The monoisotopic (exact) mass is 323 g/mol. The fourth-order valence-electron chi connectivity index (χ4n) is 3.49. The van der Waals surface area contributed by atoms with Crippen molar-refractivity contribution in [2.45, 2.75) is 43.9 Å². The molecule has 2 aliphatic heterocycles. The zero-order chi connectivity index (χ0) is 15.7. The third-order valence-electron chi connectivity index (χ3n) is 4.48. The molecule has 0 aromatic carbocycles. The van der Waals surface area contributed by atoms with E-state index >= 15 is 0 Å². The Kier molecular flexibility index (Phi) is 4.26. The van der Waals surface area contributed by atoms with Crippen LogP contribution in [0.25, 0.3) is 10.4 Å². The number of hydrogen-bond acceptors (Lipinski definition) is 5. The van der Waals surface area contributed by atoms with Crippen molar-refractivity contribution < 1.29 is 4.79 Å². The molecular formula is C13H18ClN7O. The van der Waals surface area contributed by atoms with E-state index in [-0.39, 0.29) is 24.7 Å². The van der Waals surface area contributed by atoms with Crippen LogP contribution >= 0.6 is 11.6 Å².